The number of hydrogen-bond acceptors (Lipinski definition) is 5. The molecule has 0 amide bonds. The number of pyridine rings is 1. The van der Waals surface area contributed by atoms with Crippen molar-refractivity contribution in [2.75, 3.05) is 45.4 Å². The molecule has 5 nitrogen and oxygen atoms in total. The molecule has 0 saturated carbocycles. The summed E-state index contributed by atoms with van der Waals surface area (Å²) in [6, 6.07) is 1.78. The van der Waals surface area contributed by atoms with E-state index in [1.165, 1.54) is 6.20 Å². The Bertz CT molecular complexity index is 500. The average Bonchev–Trinajstić information content (AvgIpc) is 2.51. The highest BCUT2D eigenvalue weighted by atomic mass is 32.2. The van der Waals surface area contributed by atoms with Gasteiger partial charge in [-0.05, 0) is 6.92 Å². The maximum absolute atomic E-state index is 11.8. The fourth-order valence-electron chi connectivity index (χ4n) is 1.71. The van der Waals surface area contributed by atoms with E-state index in [9.17, 15) is 18.4 Å². The molecule has 9 heteroatoms. The Labute approximate surface area is 143 Å². The number of halogens is 3. The van der Waals surface area contributed by atoms with Gasteiger partial charge in [-0.1, -0.05) is 0 Å². The summed E-state index contributed by atoms with van der Waals surface area (Å²) in [5.74, 6) is 0.734. The highest BCUT2D eigenvalue weighted by Crippen LogP contribution is 2.22. The molecule has 0 atom stereocenters. The van der Waals surface area contributed by atoms with E-state index in [-0.39, 0.29) is 13.2 Å². The summed E-state index contributed by atoms with van der Waals surface area (Å²) in [6.07, 6.45) is -2.81. The first-order valence-corrected chi connectivity index (χ1v) is 8.42. The van der Waals surface area contributed by atoms with Crippen LogP contribution in [0.5, 0.6) is 0 Å². The molecule has 1 heterocycles. The van der Waals surface area contributed by atoms with Gasteiger partial charge >= 0.3 is 6.18 Å². The summed E-state index contributed by atoms with van der Waals surface area (Å²) in [5.41, 5.74) is 1.64. The highest BCUT2D eigenvalue weighted by Gasteiger charge is 2.27. The van der Waals surface area contributed by atoms with Gasteiger partial charge in [-0.15, -0.1) is 11.8 Å². The molecular weight excluding hydrogens is 347 g/mol. The summed E-state index contributed by atoms with van der Waals surface area (Å²) in [7, 11) is 0. The molecule has 0 bridgehead atoms. The van der Waals surface area contributed by atoms with Crippen LogP contribution in [-0.2, 0) is 14.2 Å². The third-order valence-electron chi connectivity index (χ3n) is 3.10. The quantitative estimate of drug-likeness (QED) is 0.260. The Morgan fingerprint density at radius 3 is 2.25 bits per heavy atom. The molecule has 0 N–H and O–H groups in total. The molecule has 0 saturated heterocycles. The molecule has 0 radical (unpaired) electrons. The number of nitrogens with zero attached hydrogens (tertiary/aromatic N) is 1. The molecule has 1 rings (SSSR count). The fourth-order valence-corrected chi connectivity index (χ4v) is 2.65. The average molecular weight is 369 g/mol. The molecule has 0 unspecified atom stereocenters. The molecule has 1 aromatic rings. The molecule has 0 aromatic carbocycles. The van der Waals surface area contributed by atoms with Gasteiger partial charge in [0.1, 0.15) is 6.61 Å². The van der Waals surface area contributed by atoms with E-state index in [0.717, 1.165) is 20.9 Å². The number of hydrogen-bond donors (Lipinski definition) is 0. The lowest BCUT2D eigenvalue weighted by molar-refractivity contribution is -0.613. The fraction of sp³-hybridized carbons (Fsp3) is 0.667. The van der Waals surface area contributed by atoms with Gasteiger partial charge in [0.25, 0.3) is 0 Å². The molecule has 138 valence electrons. The van der Waals surface area contributed by atoms with Crippen molar-refractivity contribution in [1.29, 1.82) is 0 Å². The predicted octanol–water partition coefficient (Wildman–Crippen LogP) is 2.64. The van der Waals surface area contributed by atoms with E-state index in [4.69, 9.17) is 9.47 Å². The molecule has 0 fully saturated rings. The van der Waals surface area contributed by atoms with Crippen LogP contribution in [0.4, 0.5) is 13.2 Å². The first kappa shape index (κ1) is 21.0. The Morgan fingerprint density at radius 2 is 1.62 bits per heavy atom. The monoisotopic (exact) mass is 369 g/mol. The van der Waals surface area contributed by atoms with Crippen LogP contribution in [0.2, 0.25) is 0 Å². The van der Waals surface area contributed by atoms with Crippen molar-refractivity contribution in [2.45, 2.75) is 24.9 Å². The van der Waals surface area contributed by atoms with E-state index in [1.807, 2.05) is 6.92 Å². The van der Waals surface area contributed by atoms with Gasteiger partial charge < -0.3 is 19.4 Å². The summed E-state index contributed by atoms with van der Waals surface area (Å²) in [6.45, 7) is 3.62. The third-order valence-corrected chi connectivity index (χ3v) is 4.22. The van der Waals surface area contributed by atoms with Crippen LogP contribution in [0.1, 0.15) is 11.3 Å². The second kappa shape index (κ2) is 10.8. The van der Waals surface area contributed by atoms with Crippen LogP contribution >= 0.6 is 11.8 Å². The van der Waals surface area contributed by atoms with Crippen molar-refractivity contribution in [2.24, 2.45) is 0 Å². The second-order valence-electron chi connectivity index (χ2n) is 4.96. The summed E-state index contributed by atoms with van der Waals surface area (Å²) >= 11 is 1.60. The lowest BCUT2D eigenvalue weighted by Gasteiger charge is -2.09. The minimum absolute atomic E-state index is 0.0955. The van der Waals surface area contributed by atoms with E-state index in [1.54, 1.807) is 24.8 Å². The molecule has 1 aromatic heterocycles. The van der Waals surface area contributed by atoms with Crippen molar-refractivity contribution in [3.8, 4) is 0 Å². The minimum atomic E-state index is -4.30. The van der Waals surface area contributed by atoms with Crippen LogP contribution < -0.4 is 4.73 Å². The highest BCUT2D eigenvalue weighted by molar-refractivity contribution is 7.99. The van der Waals surface area contributed by atoms with Gasteiger partial charge in [-0.2, -0.15) is 17.9 Å². The topological polar surface area (TPSA) is 54.6 Å². The van der Waals surface area contributed by atoms with Crippen molar-refractivity contribution in [3.05, 3.63) is 28.7 Å². The maximum Gasteiger partial charge on any atom is 0.411 e. The van der Waals surface area contributed by atoms with Crippen molar-refractivity contribution in [3.63, 3.8) is 0 Å². The van der Waals surface area contributed by atoms with Gasteiger partial charge in [0.2, 0.25) is 0 Å². The number of thioether (sulfide) groups is 1. The van der Waals surface area contributed by atoms with Crippen molar-refractivity contribution < 1.29 is 32.1 Å². The van der Waals surface area contributed by atoms with Crippen LogP contribution in [0.15, 0.2) is 17.2 Å². The first-order valence-electron chi connectivity index (χ1n) is 7.43. The zero-order chi connectivity index (χ0) is 18.0. The van der Waals surface area contributed by atoms with E-state index >= 15 is 0 Å². The van der Waals surface area contributed by atoms with Gasteiger partial charge in [0.15, 0.2) is 11.9 Å². The largest absolute Gasteiger partial charge is 0.619 e. The van der Waals surface area contributed by atoms with E-state index in [2.05, 4.69) is 4.74 Å². The number of ether oxygens (including phenoxy) is 3. The molecule has 0 aliphatic heterocycles. The van der Waals surface area contributed by atoms with Gasteiger partial charge in [0.05, 0.1) is 33.0 Å². The Kier molecular flexibility index (Phi) is 9.42. The summed E-state index contributed by atoms with van der Waals surface area (Å²) < 4.78 is 51.1. The number of alkyl halides is 3. The standard InChI is InChI=1S/C15H22F3NO4S/c1-12-13(2)19(20)4-3-14(12)24-10-9-22-6-5-21-7-8-23-11-15(16,17)18/h3-4H,5-11H2,1-2H3. The lowest BCUT2D eigenvalue weighted by atomic mass is 10.2. The normalized spacial score (nSPS) is 11.9. The first-order chi connectivity index (χ1) is 11.3. The van der Waals surface area contributed by atoms with Gasteiger partial charge in [-0.25, -0.2) is 0 Å². The molecular formula is C15H22F3NO4S. The molecule has 0 spiro atoms. The second-order valence-corrected chi connectivity index (χ2v) is 6.09. The summed E-state index contributed by atoms with van der Waals surface area (Å²) in [5, 5.41) is 11.4. The Morgan fingerprint density at radius 1 is 1.04 bits per heavy atom. The van der Waals surface area contributed by atoms with Crippen molar-refractivity contribution >= 4 is 11.8 Å². The van der Waals surface area contributed by atoms with Crippen LogP contribution in [0.3, 0.4) is 0 Å². The number of aromatic nitrogens is 1. The van der Waals surface area contributed by atoms with Crippen LogP contribution in [-0.4, -0.2) is 51.6 Å². The molecule has 24 heavy (non-hydrogen) atoms. The Hall–Kier alpha value is -1.03. The van der Waals surface area contributed by atoms with E-state index in [0.29, 0.717) is 25.5 Å². The van der Waals surface area contributed by atoms with Gasteiger partial charge in [-0.3, -0.25) is 0 Å². The van der Waals surface area contributed by atoms with E-state index < -0.39 is 12.8 Å². The lowest BCUT2D eigenvalue weighted by Crippen LogP contribution is -2.30. The predicted molar refractivity (Wildman–Crippen MR) is 84.1 cm³/mol. The van der Waals surface area contributed by atoms with Crippen molar-refractivity contribution in [1.82, 2.24) is 0 Å². The minimum Gasteiger partial charge on any atom is -0.619 e. The maximum atomic E-state index is 11.8. The molecule has 0 aliphatic rings. The molecule has 0 aliphatic carbocycles. The zero-order valence-corrected chi connectivity index (χ0v) is 14.5. The zero-order valence-electron chi connectivity index (χ0n) is 13.7. The van der Waals surface area contributed by atoms with Crippen LogP contribution in [0.25, 0.3) is 0 Å². The SMILES string of the molecule is Cc1c(SCCOCCOCCOCC(F)(F)F)cc[n+]([O-])c1C. The van der Waals surface area contributed by atoms with Gasteiger partial charge in [0, 0.05) is 29.2 Å². The Balaban J connectivity index is 1.99. The smallest absolute Gasteiger partial charge is 0.411 e. The third kappa shape index (κ3) is 8.72. The summed E-state index contributed by atoms with van der Waals surface area (Å²) in [4.78, 5) is 1.04. The number of rotatable bonds is 11. The van der Waals surface area contributed by atoms with Crippen LogP contribution in [0, 0.1) is 19.1 Å².